The van der Waals surface area contributed by atoms with Crippen molar-refractivity contribution in [3.05, 3.63) is 42.2 Å². The summed E-state index contributed by atoms with van der Waals surface area (Å²) in [6.07, 6.45) is 5.40. The molecule has 1 saturated heterocycles. The monoisotopic (exact) mass is 303 g/mol. The van der Waals surface area contributed by atoms with Crippen LogP contribution in [0.5, 0.6) is 0 Å². The van der Waals surface area contributed by atoms with Crippen LogP contribution in [0.3, 0.4) is 0 Å². The van der Waals surface area contributed by atoms with Crippen LogP contribution in [0, 0.1) is 5.92 Å². The Morgan fingerprint density at radius 2 is 2.05 bits per heavy atom. The predicted octanol–water partition coefficient (Wildman–Crippen LogP) is 2.31. The van der Waals surface area contributed by atoms with Crippen LogP contribution in [0.4, 0.5) is 0 Å². The van der Waals surface area contributed by atoms with Gasteiger partial charge in [-0.3, -0.25) is 11.3 Å². The summed E-state index contributed by atoms with van der Waals surface area (Å²) in [7, 11) is 0. The SMILES string of the molecule is NNC(CC1CCSCC1)c1cnnn1-c1ccccc1. The number of nitrogens with one attached hydrogen (secondary N) is 1. The van der Waals surface area contributed by atoms with Gasteiger partial charge in [0.25, 0.3) is 0 Å². The van der Waals surface area contributed by atoms with Gasteiger partial charge in [0.1, 0.15) is 0 Å². The minimum Gasteiger partial charge on any atom is -0.271 e. The van der Waals surface area contributed by atoms with Gasteiger partial charge in [-0.25, -0.2) is 4.68 Å². The summed E-state index contributed by atoms with van der Waals surface area (Å²) in [5.74, 6) is 9.06. The fourth-order valence-electron chi connectivity index (χ4n) is 2.84. The van der Waals surface area contributed by atoms with Crippen LogP contribution in [0.2, 0.25) is 0 Å². The number of hydrogen-bond acceptors (Lipinski definition) is 5. The Kier molecular flexibility index (Phi) is 4.90. The van der Waals surface area contributed by atoms with Crippen LogP contribution in [0.25, 0.3) is 5.69 Å². The number of para-hydroxylation sites is 1. The average Bonchev–Trinajstić information content (AvgIpc) is 3.04. The zero-order valence-electron chi connectivity index (χ0n) is 12.0. The Hall–Kier alpha value is -1.37. The van der Waals surface area contributed by atoms with Crippen molar-refractivity contribution >= 4 is 11.8 Å². The number of hydrogen-bond donors (Lipinski definition) is 2. The predicted molar refractivity (Wildman–Crippen MR) is 86.1 cm³/mol. The summed E-state index contributed by atoms with van der Waals surface area (Å²) >= 11 is 2.05. The Balaban J connectivity index is 1.79. The van der Waals surface area contributed by atoms with E-state index in [2.05, 4.69) is 15.7 Å². The highest BCUT2D eigenvalue weighted by Crippen LogP contribution is 2.31. The summed E-state index contributed by atoms with van der Waals surface area (Å²) in [5.41, 5.74) is 5.00. The number of rotatable bonds is 5. The third-order valence-corrected chi connectivity index (χ3v) is 5.09. The molecule has 3 N–H and O–H groups in total. The molecule has 1 aromatic carbocycles. The van der Waals surface area contributed by atoms with Gasteiger partial charge in [-0.2, -0.15) is 11.8 Å². The molecule has 1 aliphatic heterocycles. The van der Waals surface area contributed by atoms with E-state index >= 15 is 0 Å². The van der Waals surface area contributed by atoms with Crippen LogP contribution < -0.4 is 11.3 Å². The highest BCUT2D eigenvalue weighted by Gasteiger charge is 2.23. The van der Waals surface area contributed by atoms with Crippen LogP contribution in [0.1, 0.15) is 31.0 Å². The molecule has 1 fully saturated rings. The van der Waals surface area contributed by atoms with Crippen molar-refractivity contribution in [3.8, 4) is 5.69 Å². The van der Waals surface area contributed by atoms with E-state index in [4.69, 9.17) is 5.84 Å². The van der Waals surface area contributed by atoms with E-state index in [1.54, 1.807) is 0 Å². The molecule has 1 aromatic heterocycles. The van der Waals surface area contributed by atoms with E-state index in [9.17, 15) is 0 Å². The van der Waals surface area contributed by atoms with E-state index in [0.717, 1.165) is 23.7 Å². The van der Waals surface area contributed by atoms with Crippen LogP contribution in [0.15, 0.2) is 36.5 Å². The van der Waals surface area contributed by atoms with Gasteiger partial charge in [-0.15, -0.1) is 5.10 Å². The first-order chi connectivity index (χ1) is 10.4. The molecule has 5 nitrogen and oxygen atoms in total. The first kappa shape index (κ1) is 14.6. The molecule has 0 amide bonds. The van der Waals surface area contributed by atoms with Gasteiger partial charge in [0.15, 0.2) is 0 Å². The second-order valence-electron chi connectivity index (χ2n) is 5.42. The highest BCUT2D eigenvalue weighted by atomic mass is 32.2. The standard InChI is InChI=1S/C15H21N5S/c16-18-14(10-12-6-8-21-9-7-12)15-11-17-19-20(15)13-4-2-1-3-5-13/h1-5,11-12,14,18H,6-10,16H2. The van der Waals surface area contributed by atoms with Gasteiger partial charge in [0.05, 0.1) is 23.6 Å². The minimum absolute atomic E-state index is 0.0910. The lowest BCUT2D eigenvalue weighted by Crippen LogP contribution is -2.32. The number of nitrogens with two attached hydrogens (primary N) is 1. The van der Waals surface area contributed by atoms with Crippen molar-refractivity contribution in [1.29, 1.82) is 0 Å². The van der Waals surface area contributed by atoms with Crippen molar-refractivity contribution in [3.63, 3.8) is 0 Å². The maximum absolute atomic E-state index is 5.80. The highest BCUT2D eigenvalue weighted by molar-refractivity contribution is 7.99. The molecule has 0 bridgehead atoms. The largest absolute Gasteiger partial charge is 0.271 e. The van der Waals surface area contributed by atoms with Crippen molar-refractivity contribution < 1.29 is 0 Å². The second kappa shape index (κ2) is 7.06. The molecule has 2 aromatic rings. The second-order valence-corrected chi connectivity index (χ2v) is 6.64. The third-order valence-electron chi connectivity index (χ3n) is 4.04. The maximum Gasteiger partial charge on any atom is 0.0828 e. The molecule has 2 heterocycles. The summed E-state index contributed by atoms with van der Waals surface area (Å²) in [5, 5.41) is 8.29. The van der Waals surface area contributed by atoms with Crippen molar-refractivity contribution in [1.82, 2.24) is 20.4 Å². The Labute approximate surface area is 129 Å². The molecule has 6 heteroatoms. The average molecular weight is 303 g/mol. The van der Waals surface area contributed by atoms with E-state index in [-0.39, 0.29) is 6.04 Å². The summed E-state index contributed by atoms with van der Waals surface area (Å²) in [6, 6.07) is 10.2. The van der Waals surface area contributed by atoms with Gasteiger partial charge < -0.3 is 0 Å². The minimum atomic E-state index is 0.0910. The fraction of sp³-hybridized carbons (Fsp3) is 0.467. The molecular weight excluding hydrogens is 282 g/mol. The van der Waals surface area contributed by atoms with E-state index in [1.165, 1.54) is 24.3 Å². The van der Waals surface area contributed by atoms with Gasteiger partial charge in [-0.05, 0) is 48.8 Å². The first-order valence-corrected chi connectivity index (χ1v) is 8.54. The van der Waals surface area contributed by atoms with Crippen molar-refractivity contribution in [2.45, 2.75) is 25.3 Å². The topological polar surface area (TPSA) is 68.8 Å². The molecule has 21 heavy (non-hydrogen) atoms. The van der Waals surface area contributed by atoms with Gasteiger partial charge in [0, 0.05) is 0 Å². The fourth-order valence-corrected chi connectivity index (χ4v) is 4.04. The molecule has 3 rings (SSSR count). The number of hydrazine groups is 1. The molecule has 1 unspecified atom stereocenters. The van der Waals surface area contributed by atoms with Gasteiger partial charge in [-0.1, -0.05) is 23.4 Å². The number of benzene rings is 1. The number of aromatic nitrogens is 3. The van der Waals surface area contributed by atoms with Crippen molar-refractivity contribution in [2.75, 3.05) is 11.5 Å². The normalized spacial score (nSPS) is 17.8. The molecule has 1 aliphatic rings. The van der Waals surface area contributed by atoms with Crippen LogP contribution in [-0.2, 0) is 0 Å². The molecule has 1 atom stereocenters. The molecule has 112 valence electrons. The lowest BCUT2D eigenvalue weighted by atomic mass is 9.93. The Morgan fingerprint density at radius 1 is 1.29 bits per heavy atom. The first-order valence-electron chi connectivity index (χ1n) is 7.38. The number of nitrogens with zero attached hydrogens (tertiary/aromatic N) is 3. The van der Waals surface area contributed by atoms with Crippen LogP contribution >= 0.6 is 11.8 Å². The molecule has 0 aliphatic carbocycles. The molecule has 0 spiro atoms. The zero-order valence-corrected chi connectivity index (χ0v) is 12.8. The van der Waals surface area contributed by atoms with E-state index in [1.807, 2.05) is 53.0 Å². The van der Waals surface area contributed by atoms with Crippen molar-refractivity contribution in [2.24, 2.45) is 11.8 Å². The third kappa shape index (κ3) is 3.45. The lowest BCUT2D eigenvalue weighted by molar-refractivity contribution is 0.365. The summed E-state index contributed by atoms with van der Waals surface area (Å²) < 4.78 is 1.88. The Bertz CT molecular complexity index is 550. The molecule has 0 saturated carbocycles. The van der Waals surface area contributed by atoms with Crippen LogP contribution in [-0.4, -0.2) is 26.5 Å². The summed E-state index contributed by atoms with van der Waals surface area (Å²) in [6.45, 7) is 0. The lowest BCUT2D eigenvalue weighted by Gasteiger charge is -2.26. The zero-order chi connectivity index (χ0) is 14.5. The maximum atomic E-state index is 5.80. The smallest absolute Gasteiger partial charge is 0.0828 e. The molecular formula is C15H21N5S. The van der Waals surface area contributed by atoms with Gasteiger partial charge >= 0.3 is 0 Å². The summed E-state index contributed by atoms with van der Waals surface area (Å²) in [4.78, 5) is 0. The van der Waals surface area contributed by atoms with E-state index in [0.29, 0.717) is 0 Å². The quantitative estimate of drug-likeness (QED) is 0.655. The Morgan fingerprint density at radius 3 is 2.76 bits per heavy atom. The molecule has 0 radical (unpaired) electrons. The van der Waals surface area contributed by atoms with E-state index < -0.39 is 0 Å². The number of thioether (sulfide) groups is 1. The van der Waals surface area contributed by atoms with Gasteiger partial charge in [0.2, 0.25) is 0 Å².